The van der Waals surface area contributed by atoms with Crippen LogP contribution in [0.3, 0.4) is 0 Å². The van der Waals surface area contributed by atoms with E-state index < -0.39 is 5.41 Å². The van der Waals surface area contributed by atoms with Crippen LogP contribution in [0.1, 0.15) is 43.3 Å². The molecule has 0 unspecified atom stereocenters. The Hall–Kier alpha value is -3.19. The van der Waals surface area contributed by atoms with E-state index in [1.807, 2.05) is 39.0 Å². The summed E-state index contributed by atoms with van der Waals surface area (Å²) in [5.74, 6) is 1.20. The highest BCUT2D eigenvalue weighted by Gasteiger charge is 2.23. The van der Waals surface area contributed by atoms with Gasteiger partial charge in [0.1, 0.15) is 17.5 Å². The minimum atomic E-state index is -0.457. The summed E-state index contributed by atoms with van der Waals surface area (Å²) < 4.78 is 14.1. The standard InChI is InChI=1S/C28H23Br2ClN4O3/c1-28(2,3)27-34-21-10-9-19(29)12-20(21)26(36)35(27)33-14-18-11-22(37-4)25(24(31)23(18)30)38-15-17-8-6-5-7-16(17)13-32/h5-12,14H,15H2,1-4H3. The van der Waals surface area contributed by atoms with Crippen molar-refractivity contribution in [3.05, 3.63) is 95.4 Å². The SMILES string of the molecule is COc1cc(C=Nn2c(C(C)(C)C)nc3ccc(Br)cc3c2=O)c(Br)c(Cl)c1OCc1ccccc1C#N. The molecule has 4 aromatic rings. The van der Waals surface area contributed by atoms with E-state index in [1.165, 1.54) is 18.0 Å². The zero-order valence-corrected chi connectivity index (χ0v) is 25.0. The Balaban J connectivity index is 1.77. The van der Waals surface area contributed by atoms with Crippen LogP contribution < -0.4 is 15.0 Å². The molecule has 0 aliphatic rings. The van der Waals surface area contributed by atoms with Crippen LogP contribution in [0.4, 0.5) is 0 Å². The molecule has 38 heavy (non-hydrogen) atoms. The van der Waals surface area contributed by atoms with Crippen molar-refractivity contribution in [2.75, 3.05) is 7.11 Å². The van der Waals surface area contributed by atoms with Gasteiger partial charge in [0.25, 0.3) is 5.56 Å². The molecular weight excluding hydrogens is 636 g/mol. The van der Waals surface area contributed by atoms with Crippen molar-refractivity contribution in [1.82, 2.24) is 9.66 Å². The maximum absolute atomic E-state index is 13.5. The molecule has 0 N–H and O–H groups in total. The van der Waals surface area contributed by atoms with E-state index >= 15 is 0 Å². The first kappa shape index (κ1) is 27.8. The van der Waals surface area contributed by atoms with Crippen LogP contribution in [0.5, 0.6) is 11.5 Å². The van der Waals surface area contributed by atoms with Crippen LogP contribution in [-0.4, -0.2) is 23.0 Å². The van der Waals surface area contributed by atoms with E-state index in [9.17, 15) is 10.1 Å². The van der Waals surface area contributed by atoms with E-state index in [-0.39, 0.29) is 17.2 Å². The fourth-order valence-corrected chi connectivity index (χ4v) is 4.77. The molecular formula is C28H23Br2ClN4O3. The molecule has 0 radical (unpaired) electrons. The van der Waals surface area contributed by atoms with Gasteiger partial charge < -0.3 is 9.47 Å². The van der Waals surface area contributed by atoms with Crippen LogP contribution >= 0.6 is 43.5 Å². The number of methoxy groups -OCH3 is 1. The number of nitriles is 1. The summed E-state index contributed by atoms with van der Waals surface area (Å²) >= 11 is 13.6. The zero-order chi connectivity index (χ0) is 27.6. The van der Waals surface area contributed by atoms with Crippen molar-refractivity contribution in [1.29, 1.82) is 5.26 Å². The number of fused-ring (bicyclic) bond motifs is 1. The molecule has 3 aromatic carbocycles. The lowest BCUT2D eigenvalue weighted by Gasteiger charge is -2.21. The second-order valence-electron chi connectivity index (χ2n) is 9.39. The summed E-state index contributed by atoms with van der Waals surface area (Å²) in [6, 6.07) is 16.4. The first-order valence-electron chi connectivity index (χ1n) is 11.5. The average Bonchev–Trinajstić information content (AvgIpc) is 2.89. The number of hydrogen-bond donors (Lipinski definition) is 0. The Morgan fingerprint density at radius 1 is 1.18 bits per heavy atom. The average molecular weight is 659 g/mol. The summed E-state index contributed by atoms with van der Waals surface area (Å²) in [7, 11) is 1.50. The molecule has 1 heterocycles. The Bertz CT molecular complexity index is 1670. The number of ether oxygens (including phenoxy) is 2. The number of nitrogens with zero attached hydrogens (tertiary/aromatic N) is 4. The smallest absolute Gasteiger partial charge is 0.282 e. The molecule has 4 rings (SSSR count). The maximum atomic E-state index is 13.5. The summed E-state index contributed by atoms with van der Waals surface area (Å²) in [5.41, 5.74) is 1.66. The van der Waals surface area contributed by atoms with Crippen LogP contribution in [0.2, 0.25) is 5.02 Å². The zero-order valence-electron chi connectivity index (χ0n) is 21.1. The van der Waals surface area contributed by atoms with Crippen LogP contribution in [0.15, 0.2) is 67.4 Å². The van der Waals surface area contributed by atoms with Crippen LogP contribution in [0.25, 0.3) is 10.9 Å². The molecule has 10 heteroatoms. The lowest BCUT2D eigenvalue weighted by molar-refractivity contribution is 0.284. The van der Waals surface area contributed by atoms with Gasteiger partial charge in [0.05, 0.1) is 35.9 Å². The molecule has 0 saturated carbocycles. The number of hydrogen-bond acceptors (Lipinski definition) is 6. The Morgan fingerprint density at radius 3 is 2.61 bits per heavy atom. The minimum Gasteiger partial charge on any atom is -0.493 e. The topological polar surface area (TPSA) is 89.5 Å². The number of rotatable bonds is 6. The molecule has 0 aliphatic heterocycles. The molecule has 0 bridgehead atoms. The summed E-state index contributed by atoms with van der Waals surface area (Å²) in [6.07, 6.45) is 1.52. The number of benzene rings is 3. The third-order valence-electron chi connectivity index (χ3n) is 5.68. The third-order valence-corrected chi connectivity index (χ3v) is 7.61. The Kier molecular flexibility index (Phi) is 8.26. The lowest BCUT2D eigenvalue weighted by atomic mass is 9.95. The summed E-state index contributed by atoms with van der Waals surface area (Å²) in [4.78, 5) is 18.2. The van der Waals surface area contributed by atoms with E-state index in [0.717, 1.165) is 10.0 Å². The van der Waals surface area contributed by atoms with Gasteiger partial charge in [-0.05, 0) is 46.3 Å². The van der Waals surface area contributed by atoms with E-state index in [0.29, 0.717) is 43.8 Å². The highest BCUT2D eigenvalue weighted by atomic mass is 79.9. The van der Waals surface area contributed by atoms with Crippen molar-refractivity contribution in [2.45, 2.75) is 32.8 Å². The van der Waals surface area contributed by atoms with Crippen molar-refractivity contribution < 1.29 is 9.47 Å². The summed E-state index contributed by atoms with van der Waals surface area (Å²) in [6.45, 7) is 6.04. The summed E-state index contributed by atoms with van der Waals surface area (Å²) in [5, 5.41) is 14.6. The minimum absolute atomic E-state index is 0.127. The predicted octanol–water partition coefficient (Wildman–Crippen LogP) is 7.21. The van der Waals surface area contributed by atoms with Gasteiger partial charge in [0.2, 0.25) is 0 Å². The number of aromatic nitrogens is 2. The van der Waals surface area contributed by atoms with Gasteiger partial charge in [0, 0.05) is 25.5 Å². The highest BCUT2D eigenvalue weighted by Crippen LogP contribution is 2.42. The fourth-order valence-electron chi connectivity index (χ4n) is 3.75. The van der Waals surface area contributed by atoms with Crippen LogP contribution in [-0.2, 0) is 12.0 Å². The Morgan fingerprint density at radius 2 is 1.92 bits per heavy atom. The molecule has 194 valence electrons. The van der Waals surface area contributed by atoms with Crippen molar-refractivity contribution in [3.63, 3.8) is 0 Å². The molecule has 0 amide bonds. The van der Waals surface area contributed by atoms with Gasteiger partial charge in [0.15, 0.2) is 11.5 Å². The van der Waals surface area contributed by atoms with Crippen molar-refractivity contribution in [3.8, 4) is 17.6 Å². The molecule has 7 nitrogen and oxygen atoms in total. The highest BCUT2D eigenvalue weighted by molar-refractivity contribution is 9.10. The molecule has 0 aliphatic carbocycles. The lowest BCUT2D eigenvalue weighted by Crippen LogP contribution is -2.29. The molecule has 1 aromatic heterocycles. The molecule has 0 atom stereocenters. The second-order valence-corrected chi connectivity index (χ2v) is 11.5. The van der Waals surface area contributed by atoms with Gasteiger partial charge in [-0.25, -0.2) is 4.98 Å². The van der Waals surface area contributed by atoms with Gasteiger partial charge in [-0.1, -0.05) is 66.5 Å². The number of halogens is 3. The monoisotopic (exact) mass is 656 g/mol. The second kappa shape index (κ2) is 11.3. The maximum Gasteiger partial charge on any atom is 0.282 e. The third kappa shape index (κ3) is 5.63. The van der Waals surface area contributed by atoms with Crippen molar-refractivity contribution >= 4 is 60.6 Å². The Labute approximate surface area is 241 Å². The van der Waals surface area contributed by atoms with Gasteiger partial charge in [-0.15, -0.1) is 0 Å². The van der Waals surface area contributed by atoms with E-state index in [1.54, 1.807) is 30.3 Å². The van der Waals surface area contributed by atoms with E-state index in [4.69, 9.17) is 26.1 Å². The normalized spacial score (nSPS) is 11.6. The molecule has 0 saturated heterocycles. The molecule has 0 spiro atoms. The van der Waals surface area contributed by atoms with Gasteiger partial charge >= 0.3 is 0 Å². The first-order chi connectivity index (χ1) is 18.0. The largest absolute Gasteiger partial charge is 0.493 e. The predicted molar refractivity (Wildman–Crippen MR) is 157 cm³/mol. The van der Waals surface area contributed by atoms with Crippen molar-refractivity contribution in [2.24, 2.45) is 5.10 Å². The molecule has 0 fully saturated rings. The van der Waals surface area contributed by atoms with E-state index in [2.05, 4.69) is 43.0 Å². The van der Waals surface area contributed by atoms with Crippen LogP contribution in [0, 0.1) is 11.3 Å². The first-order valence-corrected chi connectivity index (χ1v) is 13.5. The quantitative estimate of drug-likeness (QED) is 0.204. The fraction of sp³-hybridized carbons (Fsp3) is 0.214. The van der Waals surface area contributed by atoms with Gasteiger partial charge in [-0.2, -0.15) is 15.0 Å². The van der Waals surface area contributed by atoms with Gasteiger partial charge in [-0.3, -0.25) is 4.79 Å².